The minimum Gasteiger partial charge on any atom is -0.275 e. The van der Waals surface area contributed by atoms with Crippen LogP contribution < -0.4 is 44.2 Å². The van der Waals surface area contributed by atoms with E-state index in [0.717, 1.165) is 0 Å². The normalized spacial score (nSPS) is 10.3. The van der Waals surface area contributed by atoms with Gasteiger partial charge in [-0.3, -0.25) is 21.7 Å². The molecule has 0 aromatic heterocycles. The summed E-state index contributed by atoms with van der Waals surface area (Å²) in [6.45, 7) is 11.5. The van der Waals surface area contributed by atoms with Crippen molar-refractivity contribution in [2.24, 2.45) is 11.7 Å². The van der Waals surface area contributed by atoms with Crippen LogP contribution in [-0.2, 0) is 16.8 Å². The van der Waals surface area contributed by atoms with Crippen molar-refractivity contribution in [1.82, 2.24) is 32.6 Å². The molecule has 21 heavy (non-hydrogen) atoms. The Hall–Kier alpha value is -1.11. The van der Waals surface area contributed by atoms with Gasteiger partial charge in [-0.05, 0) is 41.5 Å². The molecule has 10 nitrogen and oxygen atoms in total. The zero-order valence-corrected chi connectivity index (χ0v) is 14.3. The van der Waals surface area contributed by atoms with E-state index in [4.69, 9.17) is 11.7 Å². The fraction of sp³-hybridized carbons (Fsp3) is 0.800. The topological polar surface area (TPSA) is 158 Å². The van der Waals surface area contributed by atoms with Gasteiger partial charge in [-0.1, -0.05) is 0 Å². The number of hydrogen-bond acceptors (Lipinski definition) is 6. The van der Waals surface area contributed by atoms with Crippen molar-refractivity contribution in [2.75, 3.05) is 0 Å². The molecule has 0 heterocycles. The van der Waals surface area contributed by atoms with E-state index < -0.39 is 12.1 Å². The van der Waals surface area contributed by atoms with Crippen LogP contribution in [0.3, 0.4) is 0 Å². The average molecular weight is 351 g/mol. The fourth-order valence-electron chi connectivity index (χ4n) is 0.561. The Bertz CT molecular complexity index is 270. The molecule has 0 aliphatic carbocycles. The van der Waals surface area contributed by atoms with Gasteiger partial charge in [0.1, 0.15) is 0 Å². The molecule has 0 spiro atoms. The van der Waals surface area contributed by atoms with E-state index in [1.807, 2.05) is 52.4 Å². The van der Waals surface area contributed by atoms with Crippen LogP contribution >= 0.6 is 0 Å². The molecule has 11 heteroatoms. The molecule has 0 saturated heterocycles. The molecule has 10 N–H and O–H groups in total. The summed E-state index contributed by atoms with van der Waals surface area (Å²) < 4.78 is 0. The second kappa shape index (κ2) is 11.5. The van der Waals surface area contributed by atoms with Crippen molar-refractivity contribution in [3.8, 4) is 0 Å². The molecule has 0 bridgehead atoms. The van der Waals surface area contributed by atoms with Gasteiger partial charge < -0.3 is 0 Å². The number of rotatable bonds is 2. The van der Waals surface area contributed by atoms with Gasteiger partial charge in [0.25, 0.3) is 0 Å². The smallest absolute Gasteiger partial charge is 0.275 e. The molecular weight excluding hydrogens is 323 g/mol. The largest absolute Gasteiger partial charge is 0.343 e. The van der Waals surface area contributed by atoms with Crippen molar-refractivity contribution >= 4 is 12.1 Å². The molecule has 1 radical (unpaired) electrons. The van der Waals surface area contributed by atoms with E-state index in [0.29, 0.717) is 0 Å². The standard InChI is InChI=1S/2C5H14N4O.Co/c2*1-5(2,3)9-8-4(10)7-6;/h2*9H,6H2,1-3H3,(H2,7,8,10);. The fourth-order valence-corrected chi connectivity index (χ4v) is 0.561. The van der Waals surface area contributed by atoms with Gasteiger partial charge in [-0.15, -0.1) is 0 Å². The van der Waals surface area contributed by atoms with E-state index >= 15 is 0 Å². The summed E-state index contributed by atoms with van der Waals surface area (Å²) in [5, 5.41) is 0. The Balaban J connectivity index is -0.000000295. The monoisotopic (exact) mass is 351 g/mol. The zero-order chi connectivity index (χ0) is 16.4. The molecule has 0 aliphatic rings. The molecule has 0 atom stereocenters. The molecule has 0 fully saturated rings. The van der Waals surface area contributed by atoms with Crippen molar-refractivity contribution < 1.29 is 26.4 Å². The Morgan fingerprint density at radius 1 is 0.714 bits per heavy atom. The van der Waals surface area contributed by atoms with Gasteiger partial charge in [0.15, 0.2) is 0 Å². The second-order valence-electron chi connectivity index (χ2n) is 5.95. The number of urea groups is 2. The number of nitrogens with two attached hydrogens (primary N) is 2. The van der Waals surface area contributed by atoms with E-state index in [2.05, 4.69) is 21.7 Å². The minimum atomic E-state index is -0.449. The number of nitrogens with one attached hydrogen (secondary N) is 6. The molecule has 0 aromatic carbocycles. The summed E-state index contributed by atoms with van der Waals surface area (Å²) in [7, 11) is 0. The first-order valence-electron chi connectivity index (χ1n) is 5.99. The summed E-state index contributed by atoms with van der Waals surface area (Å²) in [5.74, 6) is 9.60. The Morgan fingerprint density at radius 3 is 1.10 bits per heavy atom. The van der Waals surface area contributed by atoms with Crippen LogP contribution in [0.1, 0.15) is 41.5 Å². The van der Waals surface area contributed by atoms with Crippen molar-refractivity contribution in [3.05, 3.63) is 0 Å². The number of carbonyl (C=O) groups is 2. The third kappa shape index (κ3) is 24.3. The minimum absolute atomic E-state index is 0. The maximum atomic E-state index is 10.4. The SMILES string of the molecule is CC(C)(C)NNC(=O)NN.CC(C)(C)NNC(=O)NN.[Co]. The van der Waals surface area contributed by atoms with Crippen LogP contribution in [0, 0.1) is 0 Å². The number of hydrogen-bond donors (Lipinski definition) is 8. The Morgan fingerprint density at radius 2 is 0.952 bits per heavy atom. The van der Waals surface area contributed by atoms with Crippen LogP contribution in [0.15, 0.2) is 0 Å². The Labute approximate surface area is 136 Å². The van der Waals surface area contributed by atoms with Crippen LogP contribution in [0.2, 0.25) is 0 Å². The van der Waals surface area contributed by atoms with Gasteiger partial charge in [-0.25, -0.2) is 32.1 Å². The Kier molecular flexibility index (Phi) is 13.7. The summed E-state index contributed by atoms with van der Waals surface area (Å²) >= 11 is 0. The maximum Gasteiger partial charge on any atom is 0.343 e. The van der Waals surface area contributed by atoms with Gasteiger partial charge in [0.2, 0.25) is 0 Å². The predicted octanol–water partition coefficient (Wildman–Crippen LogP) is -1.08. The number of amides is 4. The van der Waals surface area contributed by atoms with Gasteiger partial charge in [-0.2, -0.15) is 0 Å². The molecular formula is C10H28CoN8O2. The quantitative estimate of drug-likeness (QED) is 0.180. The molecule has 0 saturated carbocycles. The molecule has 4 amide bonds. The zero-order valence-electron chi connectivity index (χ0n) is 13.3. The third-order valence-corrected chi connectivity index (χ3v) is 1.36. The van der Waals surface area contributed by atoms with E-state index in [9.17, 15) is 9.59 Å². The van der Waals surface area contributed by atoms with Crippen molar-refractivity contribution in [3.63, 3.8) is 0 Å². The predicted molar refractivity (Wildman–Crippen MR) is 77.5 cm³/mol. The summed E-state index contributed by atoms with van der Waals surface area (Å²) in [6.07, 6.45) is 0. The summed E-state index contributed by atoms with van der Waals surface area (Å²) in [5.41, 5.74) is 13.7. The molecule has 0 aliphatic heterocycles. The van der Waals surface area contributed by atoms with Crippen molar-refractivity contribution in [2.45, 2.75) is 52.6 Å². The third-order valence-electron chi connectivity index (χ3n) is 1.36. The molecule has 129 valence electrons. The van der Waals surface area contributed by atoms with E-state index in [-0.39, 0.29) is 27.9 Å². The molecule has 0 unspecified atom stereocenters. The van der Waals surface area contributed by atoms with Crippen LogP contribution in [0.5, 0.6) is 0 Å². The molecule has 0 rings (SSSR count). The second-order valence-corrected chi connectivity index (χ2v) is 5.95. The van der Waals surface area contributed by atoms with Crippen molar-refractivity contribution in [1.29, 1.82) is 0 Å². The van der Waals surface area contributed by atoms with Crippen LogP contribution in [0.4, 0.5) is 9.59 Å². The number of hydrazine groups is 4. The first-order chi connectivity index (χ1) is 8.91. The van der Waals surface area contributed by atoms with E-state index in [1.54, 1.807) is 0 Å². The molecule has 0 aromatic rings. The van der Waals surface area contributed by atoms with Gasteiger partial charge >= 0.3 is 12.1 Å². The first-order valence-corrected chi connectivity index (χ1v) is 5.99. The van der Waals surface area contributed by atoms with Crippen LogP contribution in [0.25, 0.3) is 0 Å². The van der Waals surface area contributed by atoms with Crippen LogP contribution in [-0.4, -0.2) is 23.1 Å². The van der Waals surface area contributed by atoms with Gasteiger partial charge in [0.05, 0.1) is 0 Å². The van der Waals surface area contributed by atoms with E-state index in [1.165, 1.54) is 0 Å². The summed E-state index contributed by atoms with van der Waals surface area (Å²) in [6, 6.07) is -0.898. The van der Waals surface area contributed by atoms with Gasteiger partial charge in [0, 0.05) is 27.9 Å². The average Bonchev–Trinajstić information content (AvgIpc) is 2.31. The summed E-state index contributed by atoms with van der Waals surface area (Å²) in [4.78, 5) is 20.9. The first kappa shape index (κ1) is 24.9. The number of carbonyl (C=O) groups excluding carboxylic acids is 2. The maximum absolute atomic E-state index is 10.4.